The minimum absolute atomic E-state index is 0.202. The third kappa shape index (κ3) is 1.47. The Morgan fingerprint density at radius 3 is 2.71 bits per heavy atom. The van der Waals surface area contributed by atoms with E-state index < -0.39 is 0 Å². The second kappa shape index (κ2) is 3.51. The molecule has 0 atom stereocenters. The van der Waals surface area contributed by atoms with Gasteiger partial charge in [-0.05, 0) is 5.56 Å². The first-order valence-corrected chi connectivity index (χ1v) is 4.37. The fraction of sp³-hybridized carbons (Fsp3) is 0.100. The highest BCUT2D eigenvalue weighted by atomic mass is 16.1. The number of hydrogen-bond donors (Lipinski definition) is 3. The summed E-state index contributed by atoms with van der Waals surface area (Å²) in [6, 6.07) is 7.72. The molecule has 0 amide bonds. The summed E-state index contributed by atoms with van der Waals surface area (Å²) in [5.41, 5.74) is 8.15. The van der Waals surface area contributed by atoms with Crippen molar-refractivity contribution in [2.24, 2.45) is 5.73 Å². The molecule has 0 aliphatic heterocycles. The Balaban J connectivity index is 2.55. The number of benzene rings is 1. The van der Waals surface area contributed by atoms with E-state index in [0.717, 1.165) is 16.8 Å². The molecule has 4 nitrogen and oxygen atoms in total. The van der Waals surface area contributed by atoms with E-state index in [4.69, 9.17) is 5.73 Å². The van der Waals surface area contributed by atoms with Crippen molar-refractivity contribution in [3.05, 3.63) is 46.5 Å². The zero-order valence-corrected chi connectivity index (χ0v) is 7.58. The van der Waals surface area contributed by atoms with Crippen molar-refractivity contribution >= 4 is 0 Å². The molecule has 0 radical (unpaired) electrons. The third-order valence-corrected chi connectivity index (χ3v) is 2.12. The highest BCUT2D eigenvalue weighted by Crippen LogP contribution is 2.19. The summed E-state index contributed by atoms with van der Waals surface area (Å²) in [5, 5.41) is 0. The first-order valence-electron chi connectivity index (χ1n) is 4.37. The zero-order valence-electron chi connectivity index (χ0n) is 7.58. The van der Waals surface area contributed by atoms with Crippen molar-refractivity contribution in [3.8, 4) is 11.3 Å². The summed E-state index contributed by atoms with van der Waals surface area (Å²) >= 11 is 0. The van der Waals surface area contributed by atoms with Crippen LogP contribution in [0.4, 0.5) is 0 Å². The predicted molar refractivity (Wildman–Crippen MR) is 54.7 cm³/mol. The maximum absolute atomic E-state index is 10.9. The molecular weight excluding hydrogens is 178 g/mol. The van der Waals surface area contributed by atoms with Crippen LogP contribution in [0.2, 0.25) is 0 Å². The van der Waals surface area contributed by atoms with Gasteiger partial charge in [0, 0.05) is 18.3 Å². The second-order valence-electron chi connectivity index (χ2n) is 3.02. The smallest absolute Gasteiger partial charge is 0.323 e. The van der Waals surface area contributed by atoms with Crippen molar-refractivity contribution < 1.29 is 0 Å². The summed E-state index contributed by atoms with van der Waals surface area (Å²) in [5.74, 6) is 0. The molecule has 0 aliphatic rings. The van der Waals surface area contributed by atoms with Crippen molar-refractivity contribution in [2.75, 3.05) is 0 Å². The molecule has 1 aromatic carbocycles. The topological polar surface area (TPSA) is 74.7 Å². The van der Waals surface area contributed by atoms with Gasteiger partial charge in [-0.25, -0.2) is 4.79 Å². The van der Waals surface area contributed by atoms with Crippen molar-refractivity contribution in [1.29, 1.82) is 0 Å². The summed E-state index contributed by atoms with van der Waals surface area (Å²) in [7, 11) is 0. The van der Waals surface area contributed by atoms with Gasteiger partial charge < -0.3 is 15.7 Å². The van der Waals surface area contributed by atoms with Crippen LogP contribution < -0.4 is 11.4 Å². The average molecular weight is 189 g/mol. The minimum atomic E-state index is -0.202. The van der Waals surface area contributed by atoms with Crippen LogP contribution in [-0.4, -0.2) is 9.97 Å². The van der Waals surface area contributed by atoms with Gasteiger partial charge in [-0.3, -0.25) is 0 Å². The molecule has 0 fully saturated rings. The first kappa shape index (κ1) is 8.77. The standard InChI is InChI=1S/C10H11N3O/c11-5-7-3-1-2-4-8(7)9-6-12-10(14)13-9/h1-4,6H,5,11H2,(H2,12,13,14). The highest BCUT2D eigenvalue weighted by Gasteiger charge is 2.04. The third-order valence-electron chi connectivity index (χ3n) is 2.12. The number of imidazole rings is 1. The quantitative estimate of drug-likeness (QED) is 0.654. The maximum atomic E-state index is 10.9. The molecule has 4 N–H and O–H groups in total. The van der Waals surface area contributed by atoms with Crippen LogP contribution in [0.1, 0.15) is 5.56 Å². The van der Waals surface area contributed by atoms with Gasteiger partial charge >= 0.3 is 5.69 Å². The van der Waals surface area contributed by atoms with Gasteiger partial charge in [0.05, 0.1) is 5.69 Å². The molecule has 72 valence electrons. The predicted octanol–water partition coefficient (Wildman–Crippen LogP) is 0.829. The SMILES string of the molecule is NCc1ccccc1-c1c[nH]c(=O)[nH]1. The lowest BCUT2D eigenvalue weighted by atomic mass is 10.1. The lowest BCUT2D eigenvalue weighted by molar-refractivity contribution is 1.07. The van der Waals surface area contributed by atoms with Crippen molar-refractivity contribution in [2.45, 2.75) is 6.54 Å². The largest absolute Gasteiger partial charge is 0.326 e. The van der Waals surface area contributed by atoms with Crippen LogP contribution in [0, 0.1) is 0 Å². The lowest BCUT2D eigenvalue weighted by Crippen LogP contribution is -2.02. The Hall–Kier alpha value is -1.81. The molecule has 0 saturated carbocycles. The van der Waals surface area contributed by atoms with Crippen molar-refractivity contribution in [1.82, 2.24) is 9.97 Å². The molecule has 0 unspecified atom stereocenters. The van der Waals surface area contributed by atoms with E-state index in [1.54, 1.807) is 6.20 Å². The summed E-state index contributed by atoms with van der Waals surface area (Å²) in [6.07, 6.45) is 1.65. The average Bonchev–Trinajstić information content (AvgIpc) is 2.65. The number of nitrogens with two attached hydrogens (primary N) is 1. The summed E-state index contributed by atoms with van der Waals surface area (Å²) in [6.45, 7) is 0.462. The Labute approximate surface area is 80.8 Å². The van der Waals surface area contributed by atoms with Gasteiger partial charge in [0.2, 0.25) is 0 Å². The normalized spacial score (nSPS) is 10.4. The molecular formula is C10H11N3O. The summed E-state index contributed by atoms with van der Waals surface area (Å²) in [4.78, 5) is 16.2. The molecule has 0 aliphatic carbocycles. The highest BCUT2D eigenvalue weighted by molar-refractivity contribution is 5.62. The number of nitrogens with one attached hydrogen (secondary N) is 2. The molecule has 0 bridgehead atoms. The lowest BCUT2D eigenvalue weighted by Gasteiger charge is -2.03. The van der Waals surface area contributed by atoms with Gasteiger partial charge in [-0.1, -0.05) is 24.3 Å². The Bertz CT molecular complexity index is 484. The molecule has 2 aromatic rings. The molecule has 0 spiro atoms. The van der Waals surface area contributed by atoms with Gasteiger partial charge in [-0.15, -0.1) is 0 Å². The van der Waals surface area contributed by atoms with Gasteiger partial charge in [-0.2, -0.15) is 0 Å². The Morgan fingerprint density at radius 2 is 2.07 bits per heavy atom. The minimum Gasteiger partial charge on any atom is -0.326 e. The first-order chi connectivity index (χ1) is 6.81. The molecule has 0 saturated heterocycles. The Morgan fingerprint density at radius 1 is 1.29 bits per heavy atom. The number of rotatable bonds is 2. The monoisotopic (exact) mass is 189 g/mol. The number of hydrogen-bond acceptors (Lipinski definition) is 2. The van der Waals surface area contributed by atoms with Crippen LogP contribution in [0.5, 0.6) is 0 Å². The molecule has 1 heterocycles. The van der Waals surface area contributed by atoms with Crippen LogP contribution in [0.25, 0.3) is 11.3 Å². The van der Waals surface area contributed by atoms with Crippen LogP contribution in [0.3, 0.4) is 0 Å². The fourth-order valence-electron chi connectivity index (χ4n) is 1.44. The van der Waals surface area contributed by atoms with Gasteiger partial charge in [0.25, 0.3) is 0 Å². The van der Waals surface area contributed by atoms with Crippen LogP contribution in [-0.2, 0) is 6.54 Å². The van der Waals surface area contributed by atoms with Gasteiger partial charge in [0.1, 0.15) is 0 Å². The second-order valence-corrected chi connectivity index (χ2v) is 3.02. The number of aromatic amines is 2. The van der Waals surface area contributed by atoms with E-state index in [2.05, 4.69) is 9.97 Å². The molecule has 4 heteroatoms. The maximum Gasteiger partial charge on any atom is 0.323 e. The fourth-order valence-corrected chi connectivity index (χ4v) is 1.44. The van der Waals surface area contributed by atoms with E-state index in [1.165, 1.54) is 0 Å². The van der Waals surface area contributed by atoms with E-state index >= 15 is 0 Å². The summed E-state index contributed by atoms with van der Waals surface area (Å²) < 4.78 is 0. The van der Waals surface area contributed by atoms with Crippen LogP contribution in [0.15, 0.2) is 35.3 Å². The van der Waals surface area contributed by atoms with E-state index in [0.29, 0.717) is 6.54 Å². The number of aromatic nitrogens is 2. The van der Waals surface area contributed by atoms with E-state index in [1.807, 2.05) is 24.3 Å². The van der Waals surface area contributed by atoms with E-state index in [-0.39, 0.29) is 5.69 Å². The van der Waals surface area contributed by atoms with Crippen LogP contribution >= 0.6 is 0 Å². The molecule has 14 heavy (non-hydrogen) atoms. The van der Waals surface area contributed by atoms with E-state index in [9.17, 15) is 4.79 Å². The zero-order chi connectivity index (χ0) is 9.97. The van der Waals surface area contributed by atoms with Gasteiger partial charge in [0.15, 0.2) is 0 Å². The number of H-pyrrole nitrogens is 2. The molecule has 2 rings (SSSR count). The van der Waals surface area contributed by atoms with Crippen molar-refractivity contribution in [3.63, 3.8) is 0 Å². The Kier molecular flexibility index (Phi) is 2.20. The molecule has 1 aromatic heterocycles.